The number of aryl methyl sites for hydroxylation is 1. The SMILES string of the molecule is CC(C)(C)OP(=O)(OCCCCCCCCCCCCCCCCn1cnc2nc(Cl)nc(Cl)c21)OC(C)(C)C. The second kappa shape index (κ2) is 17.4. The molecule has 0 saturated carbocycles. The topological polar surface area (TPSA) is 88.4 Å². The van der Waals surface area contributed by atoms with Crippen molar-refractivity contribution in [3.05, 3.63) is 16.8 Å². The highest BCUT2D eigenvalue weighted by Crippen LogP contribution is 2.55. The molecule has 0 bridgehead atoms. The van der Waals surface area contributed by atoms with Gasteiger partial charge in [0, 0.05) is 6.54 Å². The molecular formula is C29H51Cl2N4O4P. The van der Waals surface area contributed by atoms with Gasteiger partial charge in [-0.3, -0.25) is 13.6 Å². The van der Waals surface area contributed by atoms with E-state index in [9.17, 15) is 4.57 Å². The Bertz CT molecular complexity index is 1030. The molecule has 0 unspecified atom stereocenters. The van der Waals surface area contributed by atoms with E-state index in [1.807, 2.05) is 46.1 Å². The van der Waals surface area contributed by atoms with E-state index in [0.29, 0.717) is 17.4 Å². The Balaban J connectivity index is 1.41. The Morgan fingerprint density at radius 3 is 1.65 bits per heavy atom. The Morgan fingerprint density at radius 1 is 0.725 bits per heavy atom. The number of imidazole rings is 1. The van der Waals surface area contributed by atoms with Crippen LogP contribution in [0.25, 0.3) is 11.2 Å². The summed E-state index contributed by atoms with van der Waals surface area (Å²) in [5.41, 5.74) is 0.123. The number of halogens is 2. The molecule has 11 heteroatoms. The zero-order valence-corrected chi connectivity index (χ0v) is 27.9. The summed E-state index contributed by atoms with van der Waals surface area (Å²) in [5, 5.41) is 0.490. The van der Waals surface area contributed by atoms with E-state index in [1.54, 1.807) is 6.33 Å². The van der Waals surface area contributed by atoms with Gasteiger partial charge in [0.2, 0.25) is 5.28 Å². The van der Waals surface area contributed by atoms with Crippen molar-refractivity contribution in [2.24, 2.45) is 0 Å². The average molecular weight is 622 g/mol. The molecule has 0 N–H and O–H groups in total. The summed E-state index contributed by atoms with van der Waals surface area (Å²) in [4.78, 5) is 12.4. The number of fused-ring (bicyclic) bond motifs is 1. The molecule has 8 nitrogen and oxygen atoms in total. The Morgan fingerprint density at radius 2 is 1.18 bits per heavy atom. The third kappa shape index (κ3) is 14.9. The van der Waals surface area contributed by atoms with E-state index in [0.717, 1.165) is 31.3 Å². The number of phosphoric ester groups is 1. The van der Waals surface area contributed by atoms with E-state index in [1.165, 1.54) is 70.6 Å². The first-order valence-corrected chi connectivity index (χ1v) is 17.2. The quantitative estimate of drug-likeness (QED) is 0.0629. The lowest BCUT2D eigenvalue weighted by molar-refractivity contribution is 0.00298. The lowest BCUT2D eigenvalue weighted by Gasteiger charge is -2.30. The van der Waals surface area contributed by atoms with Gasteiger partial charge in [0.05, 0.1) is 24.1 Å². The highest BCUT2D eigenvalue weighted by atomic mass is 35.5. The van der Waals surface area contributed by atoms with Crippen molar-refractivity contribution in [3.63, 3.8) is 0 Å². The normalized spacial score (nSPS) is 13.0. The fraction of sp³-hybridized carbons (Fsp3) is 0.828. The minimum Gasteiger partial charge on any atom is -0.327 e. The largest absolute Gasteiger partial charge is 0.475 e. The highest BCUT2D eigenvalue weighted by Gasteiger charge is 2.36. The van der Waals surface area contributed by atoms with E-state index in [4.69, 9.17) is 36.8 Å². The average Bonchev–Trinajstić information content (AvgIpc) is 3.21. The van der Waals surface area contributed by atoms with Crippen LogP contribution >= 0.6 is 31.0 Å². The molecule has 230 valence electrons. The first kappa shape index (κ1) is 35.4. The number of phosphoric acid groups is 1. The molecule has 0 atom stereocenters. The predicted octanol–water partition coefficient (Wildman–Crippen LogP) is 10.3. The van der Waals surface area contributed by atoms with Gasteiger partial charge in [-0.25, -0.2) is 14.5 Å². The summed E-state index contributed by atoms with van der Waals surface area (Å²) in [6.45, 7) is 12.4. The van der Waals surface area contributed by atoms with Gasteiger partial charge in [-0.1, -0.05) is 88.7 Å². The van der Waals surface area contributed by atoms with Crippen molar-refractivity contribution >= 4 is 42.2 Å². The standard InChI is InChI=1S/C29H51Cl2N4O4P/c1-28(2,3)38-40(36,39-29(4,5)6)37-22-20-18-16-14-12-10-8-7-9-11-13-15-17-19-21-35-23-32-26-24(35)25(30)33-27(31)34-26/h23H,7-22H2,1-6H3. The number of aromatic nitrogens is 4. The third-order valence-corrected chi connectivity index (χ3v) is 8.69. The molecule has 2 rings (SSSR count). The van der Waals surface area contributed by atoms with Crippen molar-refractivity contribution in [3.8, 4) is 0 Å². The maximum Gasteiger partial charge on any atom is 0.475 e. The maximum absolute atomic E-state index is 13.0. The second-order valence-corrected chi connectivity index (χ2v) is 14.7. The van der Waals surface area contributed by atoms with E-state index in [-0.39, 0.29) is 5.28 Å². The number of hydrogen-bond donors (Lipinski definition) is 0. The molecule has 2 heterocycles. The van der Waals surface area contributed by atoms with Crippen molar-refractivity contribution in [2.75, 3.05) is 6.61 Å². The maximum atomic E-state index is 13.0. The number of nitrogens with zero attached hydrogens (tertiary/aromatic N) is 4. The van der Waals surface area contributed by atoms with Crippen LogP contribution in [0.2, 0.25) is 10.4 Å². The second-order valence-electron chi connectivity index (χ2n) is 12.5. The van der Waals surface area contributed by atoms with Crippen LogP contribution < -0.4 is 0 Å². The first-order chi connectivity index (χ1) is 18.8. The Kier molecular flexibility index (Phi) is 15.4. The Labute approximate surface area is 251 Å². The van der Waals surface area contributed by atoms with E-state index >= 15 is 0 Å². The van der Waals surface area contributed by atoms with Crippen molar-refractivity contribution in [1.82, 2.24) is 19.5 Å². The van der Waals surface area contributed by atoms with Gasteiger partial charge >= 0.3 is 7.82 Å². The summed E-state index contributed by atoms with van der Waals surface area (Å²) in [6, 6.07) is 0. The molecule has 0 aliphatic carbocycles. The summed E-state index contributed by atoms with van der Waals surface area (Å²) >= 11 is 12.1. The molecule has 0 radical (unpaired) electrons. The van der Waals surface area contributed by atoms with Gasteiger partial charge in [-0.2, -0.15) is 4.98 Å². The van der Waals surface area contributed by atoms with Crippen LogP contribution in [0.5, 0.6) is 0 Å². The van der Waals surface area contributed by atoms with Gasteiger partial charge in [0.1, 0.15) is 5.52 Å². The summed E-state index contributed by atoms with van der Waals surface area (Å²) in [7, 11) is -3.59. The zero-order valence-electron chi connectivity index (χ0n) is 25.5. The third-order valence-electron chi connectivity index (χ3n) is 6.22. The van der Waals surface area contributed by atoms with Crippen LogP contribution in [0.4, 0.5) is 0 Å². The molecule has 2 aromatic heterocycles. The molecule has 0 aliphatic rings. The zero-order chi connectivity index (χ0) is 29.7. The minimum absolute atomic E-state index is 0.129. The van der Waals surface area contributed by atoms with Crippen molar-refractivity contribution in [1.29, 1.82) is 0 Å². The lowest BCUT2D eigenvalue weighted by atomic mass is 10.0. The molecule has 0 saturated heterocycles. The van der Waals surface area contributed by atoms with Crippen LogP contribution in [0.1, 0.15) is 131 Å². The monoisotopic (exact) mass is 620 g/mol. The number of rotatable bonds is 20. The molecule has 0 aliphatic heterocycles. The van der Waals surface area contributed by atoms with Gasteiger partial charge in [-0.15, -0.1) is 0 Å². The molecular weight excluding hydrogens is 570 g/mol. The van der Waals surface area contributed by atoms with Crippen LogP contribution in [0.15, 0.2) is 6.33 Å². The smallest absolute Gasteiger partial charge is 0.327 e. The van der Waals surface area contributed by atoms with Crippen LogP contribution in [-0.4, -0.2) is 37.3 Å². The molecule has 40 heavy (non-hydrogen) atoms. The molecule has 0 spiro atoms. The van der Waals surface area contributed by atoms with Crippen LogP contribution in [0.3, 0.4) is 0 Å². The van der Waals surface area contributed by atoms with E-state index < -0.39 is 19.0 Å². The fourth-order valence-corrected chi connectivity index (χ4v) is 6.82. The fourth-order valence-electron chi connectivity index (χ4n) is 4.50. The highest BCUT2D eigenvalue weighted by molar-refractivity contribution is 7.48. The molecule has 0 amide bonds. The van der Waals surface area contributed by atoms with Crippen molar-refractivity contribution < 1.29 is 18.1 Å². The van der Waals surface area contributed by atoms with Gasteiger partial charge in [0.25, 0.3) is 0 Å². The van der Waals surface area contributed by atoms with Crippen LogP contribution in [-0.2, 0) is 24.7 Å². The van der Waals surface area contributed by atoms with Gasteiger partial charge in [0.15, 0.2) is 10.8 Å². The van der Waals surface area contributed by atoms with Gasteiger partial charge in [-0.05, 0) is 66.0 Å². The Hall–Kier alpha value is -0.760. The van der Waals surface area contributed by atoms with Crippen LogP contribution in [0, 0.1) is 0 Å². The van der Waals surface area contributed by atoms with E-state index in [2.05, 4.69) is 15.0 Å². The van der Waals surface area contributed by atoms with Crippen molar-refractivity contribution in [2.45, 2.75) is 149 Å². The minimum atomic E-state index is -3.59. The lowest BCUT2D eigenvalue weighted by Crippen LogP contribution is -2.24. The van der Waals surface area contributed by atoms with Gasteiger partial charge < -0.3 is 4.57 Å². The molecule has 0 fully saturated rings. The number of hydrogen-bond acceptors (Lipinski definition) is 7. The molecule has 0 aromatic carbocycles. The molecule has 2 aromatic rings. The summed E-state index contributed by atoms with van der Waals surface area (Å²) < 4.78 is 32.0. The number of unbranched alkanes of at least 4 members (excludes halogenated alkanes) is 13. The summed E-state index contributed by atoms with van der Waals surface area (Å²) in [5.74, 6) is 0. The first-order valence-electron chi connectivity index (χ1n) is 15.0. The predicted molar refractivity (Wildman–Crippen MR) is 165 cm³/mol. The summed E-state index contributed by atoms with van der Waals surface area (Å²) in [6.07, 6.45) is 18.8.